The first-order chi connectivity index (χ1) is 9.93. The summed E-state index contributed by atoms with van der Waals surface area (Å²) in [5.74, 6) is -0.414. The summed E-state index contributed by atoms with van der Waals surface area (Å²) < 4.78 is 49.2. The molecule has 0 unspecified atom stereocenters. The quantitative estimate of drug-likeness (QED) is 0.719. The van der Waals surface area contributed by atoms with Crippen LogP contribution < -0.4 is 10.5 Å². The molecule has 2 N–H and O–H groups in total. The summed E-state index contributed by atoms with van der Waals surface area (Å²) in [6.45, 7) is 0. The van der Waals surface area contributed by atoms with Crippen LogP contribution >= 0.6 is 0 Å². The maximum absolute atomic E-state index is 12.9. The number of rotatable bonds is 2. The van der Waals surface area contributed by atoms with Gasteiger partial charge in [-0.15, -0.1) is 0 Å². The molecular weight excluding hydrogens is 285 g/mol. The Labute approximate surface area is 116 Å². The van der Waals surface area contributed by atoms with Gasteiger partial charge in [-0.1, -0.05) is 12.1 Å². The van der Waals surface area contributed by atoms with E-state index >= 15 is 0 Å². The first-order valence-corrected chi connectivity index (χ1v) is 5.93. The van der Waals surface area contributed by atoms with Gasteiger partial charge < -0.3 is 14.9 Å². The van der Waals surface area contributed by atoms with E-state index < -0.39 is 17.5 Å². The molecule has 3 rings (SSSR count). The maximum atomic E-state index is 12.9. The topological polar surface area (TPSA) is 61.3 Å². The van der Waals surface area contributed by atoms with E-state index in [1.807, 2.05) is 0 Å². The number of ether oxygens (including phenoxy) is 1. The summed E-state index contributed by atoms with van der Waals surface area (Å²) in [6.07, 6.45) is -4.84. The third-order valence-corrected chi connectivity index (χ3v) is 2.78. The summed E-state index contributed by atoms with van der Waals surface area (Å²) in [6, 6.07) is 10.0. The fourth-order valence-electron chi connectivity index (χ4n) is 1.85. The first-order valence-electron chi connectivity index (χ1n) is 5.93. The molecule has 1 aromatic heterocycles. The maximum Gasteiger partial charge on any atom is 0.420 e. The number of anilines is 1. The van der Waals surface area contributed by atoms with Crippen molar-refractivity contribution in [2.75, 3.05) is 5.73 Å². The molecule has 0 saturated heterocycles. The van der Waals surface area contributed by atoms with Crippen molar-refractivity contribution in [3.05, 3.63) is 48.0 Å². The van der Waals surface area contributed by atoms with Crippen LogP contribution in [0.3, 0.4) is 0 Å². The molecule has 21 heavy (non-hydrogen) atoms. The van der Waals surface area contributed by atoms with Crippen LogP contribution in [0.2, 0.25) is 0 Å². The van der Waals surface area contributed by atoms with E-state index in [2.05, 4.69) is 4.98 Å². The van der Waals surface area contributed by atoms with Crippen LogP contribution in [0.1, 0.15) is 5.56 Å². The Kier molecular flexibility index (Phi) is 2.97. The van der Waals surface area contributed by atoms with Crippen LogP contribution in [-0.2, 0) is 6.18 Å². The van der Waals surface area contributed by atoms with Crippen molar-refractivity contribution in [3.8, 4) is 11.8 Å². The van der Waals surface area contributed by atoms with Crippen molar-refractivity contribution in [2.24, 2.45) is 0 Å². The minimum atomic E-state index is -4.59. The highest BCUT2D eigenvalue weighted by molar-refractivity contribution is 5.72. The summed E-state index contributed by atoms with van der Waals surface area (Å²) in [5, 5.41) is 0. The van der Waals surface area contributed by atoms with Gasteiger partial charge >= 0.3 is 12.3 Å². The van der Waals surface area contributed by atoms with Crippen molar-refractivity contribution < 1.29 is 22.3 Å². The van der Waals surface area contributed by atoms with E-state index in [1.165, 1.54) is 6.07 Å². The highest BCUT2D eigenvalue weighted by Crippen LogP contribution is 2.39. The SMILES string of the molecule is Nc1ccc(Oc2nc3ccccc3o2)c(C(F)(F)F)c1. The Bertz CT molecular complexity index is 763. The Morgan fingerprint density at radius 2 is 1.86 bits per heavy atom. The molecule has 0 saturated carbocycles. The summed E-state index contributed by atoms with van der Waals surface area (Å²) in [5.41, 5.74) is 5.32. The van der Waals surface area contributed by atoms with E-state index in [4.69, 9.17) is 14.9 Å². The summed E-state index contributed by atoms with van der Waals surface area (Å²) >= 11 is 0. The number of fused-ring (bicyclic) bond motifs is 1. The van der Waals surface area contributed by atoms with Crippen molar-refractivity contribution >= 4 is 16.8 Å². The van der Waals surface area contributed by atoms with Gasteiger partial charge in [-0.05, 0) is 30.3 Å². The van der Waals surface area contributed by atoms with E-state index in [1.54, 1.807) is 24.3 Å². The van der Waals surface area contributed by atoms with Gasteiger partial charge in [0.1, 0.15) is 16.8 Å². The van der Waals surface area contributed by atoms with Gasteiger partial charge in [-0.25, -0.2) is 0 Å². The normalized spacial score (nSPS) is 11.8. The van der Waals surface area contributed by atoms with Crippen LogP contribution in [0.25, 0.3) is 11.1 Å². The number of nitrogen functional groups attached to an aromatic ring is 1. The number of hydrogen-bond donors (Lipinski definition) is 1. The highest BCUT2D eigenvalue weighted by atomic mass is 19.4. The van der Waals surface area contributed by atoms with Gasteiger partial charge in [0.25, 0.3) is 0 Å². The van der Waals surface area contributed by atoms with Crippen molar-refractivity contribution in [1.29, 1.82) is 0 Å². The third kappa shape index (κ3) is 2.62. The zero-order valence-corrected chi connectivity index (χ0v) is 10.5. The second-order valence-corrected chi connectivity index (χ2v) is 4.30. The molecule has 0 amide bonds. The number of oxazole rings is 1. The third-order valence-electron chi connectivity index (χ3n) is 2.78. The molecule has 0 aliphatic carbocycles. The molecule has 0 bridgehead atoms. The van der Waals surface area contributed by atoms with E-state index in [0.29, 0.717) is 11.1 Å². The van der Waals surface area contributed by atoms with Crippen LogP contribution in [0.5, 0.6) is 11.8 Å². The Hall–Kier alpha value is -2.70. The van der Waals surface area contributed by atoms with Crippen LogP contribution in [0, 0.1) is 0 Å². The molecule has 0 atom stereocenters. The minimum Gasteiger partial charge on any atom is -0.410 e. The van der Waals surface area contributed by atoms with Gasteiger partial charge in [0.2, 0.25) is 0 Å². The monoisotopic (exact) mass is 294 g/mol. The van der Waals surface area contributed by atoms with Crippen LogP contribution in [0.4, 0.5) is 18.9 Å². The Morgan fingerprint density at radius 3 is 2.57 bits per heavy atom. The van der Waals surface area contributed by atoms with Crippen molar-refractivity contribution in [2.45, 2.75) is 6.18 Å². The number of aromatic nitrogens is 1. The highest BCUT2D eigenvalue weighted by Gasteiger charge is 2.35. The number of nitrogens with zero attached hydrogens (tertiary/aromatic N) is 1. The zero-order valence-electron chi connectivity index (χ0n) is 10.5. The summed E-state index contributed by atoms with van der Waals surface area (Å²) in [7, 11) is 0. The van der Waals surface area contributed by atoms with Gasteiger partial charge in [0, 0.05) is 5.69 Å². The van der Waals surface area contributed by atoms with E-state index in [-0.39, 0.29) is 11.8 Å². The average Bonchev–Trinajstić information content (AvgIpc) is 2.82. The molecule has 3 aromatic rings. The standard InChI is InChI=1S/C14H9F3N2O2/c15-14(16,17)9-7-8(18)5-6-11(9)20-13-19-10-3-1-2-4-12(10)21-13/h1-7H,18H2. The molecule has 0 radical (unpaired) electrons. The molecule has 2 aromatic carbocycles. The lowest BCUT2D eigenvalue weighted by Crippen LogP contribution is -2.08. The van der Waals surface area contributed by atoms with Gasteiger partial charge in [-0.3, -0.25) is 0 Å². The molecule has 4 nitrogen and oxygen atoms in total. The molecule has 7 heteroatoms. The lowest BCUT2D eigenvalue weighted by Gasteiger charge is -2.12. The number of para-hydroxylation sites is 2. The lowest BCUT2D eigenvalue weighted by atomic mass is 10.1. The first kappa shape index (κ1) is 13.3. The minimum absolute atomic E-state index is 0.00719. The molecule has 108 valence electrons. The Morgan fingerprint density at radius 1 is 1.10 bits per heavy atom. The molecule has 0 aliphatic rings. The van der Waals surface area contributed by atoms with Gasteiger partial charge in [0.15, 0.2) is 5.58 Å². The van der Waals surface area contributed by atoms with E-state index in [0.717, 1.165) is 12.1 Å². The number of alkyl halides is 3. The predicted octanol–water partition coefficient (Wildman–Crippen LogP) is 4.22. The van der Waals surface area contributed by atoms with Crippen molar-refractivity contribution in [3.63, 3.8) is 0 Å². The second kappa shape index (κ2) is 4.69. The fourth-order valence-corrected chi connectivity index (χ4v) is 1.85. The second-order valence-electron chi connectivity index (χ2n) is 4.30. The van der Waals surface area contributed by atoms with Gasteiger partial charge in [-0.2, -0.15) is 18.2 Å². The van der Waals surface area contributed by atoms with Crippen molar-refractivity contribution in [1.82, 2.24) is 4.98 Å². The lowest BCUT2D eigenvalue weighted by molar-refractivity contribution is -0.138. The van der Waals surface area contributed by atoms with Crippen LogP contribution in [0.15, 0.2) is 46.9 Å². The average molecular weight is 294 g/mol. The fraction of sp³-hybridized carbons (Fsp3) is 0.0714. The number of nitrogens with two attached hydrogens (primary N) is 1. The molecule has 0 fully saturated rings. The number of benzene rings is 2. The largest absolute Gasteiger partial charge is 0.420 e. The van der Waals surface area contributed by atoms with Gasteiger partial charge in [0.05, 0.1) is 0 Å². The molecule has 0 aliphatic heterocycles. The number of hydrogen-bond acceptors (Lipinski definition) is 4. The Balaban J connectivity index is 2.01. The molecule has 1 heterocycles. The smallest absolute Gasteiger partial charge is 0.410 e. The molecular formula is C14H9F3N2O2. The number of halogens is 3. The summed E-state index contributed by atoms with van der Waals surface area (Å²) in [4.78, 5) is 3.97. The predicted molar refractivity (Wildman–Crippen MR) is 69.9 cm³/mol. The zero-order chi connectivity index (χ0) is 15.0. The van der Waals surface area contributed by atoms with Crippen LogP contribution in [-0.4, -0.2) is 4.98 Å². The van der Waals surface area contributed by atoms with E-state index in [9.17, 15) is 13.2 Å². The molecule has 0 spiro atoms.